The van der Waals surface area contributed by atoms with Gasteiger partial charge in [-0.1, -0.05) is 18.0 Å². The molecule has 0 bridgehead atoms. The summed E-state index contributed by atoms with van der Waals surface area (Å²) in [6.07, 6.45) is 5.92. The van der Waals surface area contributed by atoms with E-state index in [1.807, 2.05) is 0 Å². The van der Waals surface area contributed by atoms with Crippen LogP contribution in [0.2, 0.25) is 0 Å². The SMILES string of the molecule is Cc1oncc1C(=O)NC1CCCCC1CCl. The summed E-state index contributed by atoms with van der Waals surface area (Å²) >= 11 is 5.93. The summed E-state index contributed by atoms with van der Waals surface area (Å²) in [5, 5.41) is 6.65. The normalized spacial score (nSPS) is 24.6. The van der Waals surface area contributed by atoms with Crippen LogP contribution in [-0.4, -0.2) is 23.0 Å². The van der Waals surface area contributed by atoms with Crippen LogP contribution in [0, 0.1) is 12.8 Å². The maximum atomic E-state index is 12.0. The molecule has 0 radical (unpaired) electrons. The van der Waals surface area contributed by atoms with E-state index in [0.717, 1.165) is 19.3 Å². The van der Waals surface area contributed by atoms with Crippen molar-refractivity contribution in [3.63, 3.8) is 0 Å². The number of hydrogen-bond donors (Lipinski definition) is 1. The molecule has 94 valence electrons. The summed E-state index contributed by atoms with van der Waals surface area (Å²) < 4.78 is 4.89. The fourth-order valence-electron chi connectivity index (χ4n) is 2.35. The Kier molecular flexibility index (Phi) is 4.05. The van der Waals surface area contributed by atoms with Gasteiger partial charge in [0.15, 0.2) is 0 Å². The summed E-state index contributed by atoms with van der Waals surface area (Å²) in [6, 6.07) is 0.183. The summed E-state index contributed by atoms with van der Waals surface area (Å²) in [7, 11) is 0. The van der Waals surface area contributed by atoms with Crippen LogP contribution in [0.5, 0.6) is 0 Å². The standard InChI is InChI=1S/C12H17ClN2O2/c1-8-10(7-14-17-8)12(16)15-11-5-3-2-4-9(11)6-13/h7,9,11H,2-6H2,1H3,(H,15,16). The minimum absolute atomic E-state index is 0.106. The number of nitrogens with zero attached hydrogens (tertiary/aromatic N) is 1. The molecule has 1 saturated carbocycles. The average molecular weight is 257 g/mol. The van der Waals surface area contributed by atoms with Crippen molar-refractivity contribution in [2.24, 2.45) is 5.92 Å². The van der Waals surface area contributed by atoms with Crippen molar-refractivity contribution < 1.29 is 9.32 Å². The second-order valence-electron chi connectivity index (χ2n) is 4.57. The molecule has 17 heavy (non-hydrogen) atoms. The molecule has 4 nitrogen and oxygen atoms in total. The van der Waals surface area contributed by atoms with Crippen LogP contribution in [0.1, 0.15) is 41.8 Å². The molecule has 5 heteroatoms. The van der Waals surface area contributed by atoms with Crippen LogP contribution in [0.15, 0.2) is 10.7 Å². The Bertz CT molecular complexity index is 392. The highest BCUT2D eigenvalue weighted by Gasteiger charge is 2.26. The van der Waals surface area contributed by atoms with Crippen molar-refractivity contribution in [2.45, 2.75) is 38.6 Å². The van der Waals surface area contributed by atoms with Crippen molar-refractivity contribution >= 4 is 17.5 Å². The topological polar surface area (TPSA) is 55.1 Å². The highest BCUT2D eigenvalue weighted by molar-refractivity contribution is 6.18. The molecule has 0 saturated heterocycles. The first kappa shape index (κ1) is 12.4. The highest BCUT2D eigenvalue weighted by Crippen LogP contribution is 2.25. The summed E-state index contributed by atoms with van der Waals surface area (Å²) in [5.41, 5.74) is 0.517. The molecule has 0 aromatic carbocycles. The van der Waals surface area contributed by atoms with Gasteiger partial charge < -0.3 is 9.84 Å². The number of nitrogens with one attached hydrogen (secondary N) is 1. The molecule has 1 aliphatic rings. The number of aromatic nitrogens is 1. The molecule has 0 aliphatic heterocycles. The largest absolute Gasteiger partial charge is 0.361 e. The molecule has 1 aromatic heterocycles. The maximum absolute atomic E-state index is 12.0. The Labute approximate surface area is 106 Å². The molecular weight excluding hydrogens is 240 g/mol. The molecule has 1 aliphatic carbocycles. The molecule has 1 amide bonds. The van der Waals surface area contributed by atoms with Gasteiger partial charge in [-0.3, -0.25) is 4.79 Å². The van der Waals surface area contributed by atoms with Crippen molar-refractivity contribution in [2.75, 3.05) is 5.88 Å². The third-order valence-electron chi connectivity index (χ3n) is 3.42. The Morgan fingerprint density at radius 1 is 1.59 bits per heavy atom. The van der Waals surface area contributed by atoms with E-state index in [-0.39, 0.29) is 11.9 Å². The zero-order chi connectivity index (χ0) is 12.3. The first-order valence-corrected chi connectivity index (χ1v) is 6.54. The number of amides is 1. The third-order valence-corrected chi connectivity index (χ3v) is 3.82. The van der Waals surface area contributed by atoms with Gasteiger partial charge in [0.05, 0.1) is 6.20 Å². The van der Waals surface area contributed by atoms with Gasteiger partial charge in [0, 0.05) is 11.9 Å². The zero-order valence-electron chi connectivity index (χ0n) is 9.91. The fourth-order valence-corrected chi connectivity index (χ4v) is 2.71. The van der Waals surface area contributed by atoms with Crippen LogP contribution in [0.25, 0.3) is 0 Å². The van der Waals surface area contributed by atoms with Crippen LogP contribution in [0.4, 0.5) is 0 Å². The van der Waals surface area contributed by atoms with Crippen LogP contribution < -0.4 is 5.32 Å². The minimum Gasteiger partial charge on any atom is -0.361 e. The summed E-state index contributed by atoms with van der Waals surface area (Å²) in [6.45, 7) is 1.74. The van der Waals surface area contributed by atoms with E-state index >= 15 is 0 Å². The third kappa shape index (κ3) is 2.80. The number of alkyl halides is 1. The van der Waals surface area contributed by atoms with E-state index in [0.29, 0.717) is 23.1 Å². The quantitative estimate of drug-likeness (QED) is 0.846. The van der Waals surface area contributed by atoms with Gasteiger partial charge in [-0.15, -0.1) is 11.6 Å². The van der Waals surface area contributed by atoms with Gasteiger partial charge in [-0.25, -0.2) is 0 Å². The lowest BCUT2D eigenvalue weighted by molar-refractivity contribution is 0.0909. The number of rotatable bonds is 3. The van der Waals surface area contributed by atoms with Crippen molar-refractivity contribution in [3.8, 4) is 0 Å². The van der Waals surface area contributed by atoms with Crippen LogP contribution >= 0.6 is 11.6 Å². The molecule has 1 heterocycles. The first-order chi connectivity index (χ1) is 8.22. The van der Waals surface area contributed by atoms with Gasteiger partial charge >= 0.3 is 0 Å². The Hall–Kier alpha value is -1.03. The van der Waals surface area contributed by atoms with E-state index in [1.165, 1.54) is 12.6 Å². The minimum atomic E-state index is -0.106. The molecular formula is C12H17ClN2O2. The van der Waals surface area contributed by atoms with Crippen molar-refractivity contribution in [3.05, 3.63) is 17.5 Å². The lowest BCUT2D eigenvalue weighted by Crippen LogP contribution is -2.42. The Morgan fingerprint density at radius 3 is 3.00 bits per heavy atom. The van der Waals surface area contributed by atoms with E-state index in [1.54, 1.807) is 6.92 Å². The van der Waals surface area contributed by atoms with E-state index in [9.17, 15) is 4.79 Å². The van der Waals surface area contributed by atoms with Gasteiger partial charge in [0.1, 0.15) is 11.3 Å². The molecule has 1 N–H and O–H groups in total. The van der Waals surface area contributed by atoms with E-state index < -0.39 is 0 Å². The predicted octanol–water partition coefficient (Wildman–Crippen LogP) is 2.51. The summed E-state index contributed by atoms with van der Waals surface area (Å²) in [5.74, 6) is 1.44. The number of carbonyl (C=O) groups excluding carboxylic acids is 1. The van der Waals surface area contributed by atoms with Gasteiger partial charge in [-0.05, 0) is 25.7 Å². The van der Waals surface area contributed by atoms with Gasteiger partial charge in [-0.2, -0.15) is 0 Å². The monoisotopic (exact) mass is 256 g/mol. The smallest absolute Gasteiger partial charge is 0.256 e. The van der Waals surface area contributed by atoms with Crippen LogP contribution in [0.3, 0.4) is 0 Å². The number of hydrogen-bond acceptors (Lipinski definition) is 3. The molecule has 0 spiro atoms. The number of carbonyl (C=O) groups is 1. The van der Waals surface area contributed by atoms with E-state index in [2.05, 4.69) is 10.5 Å². The molecule has 1 fully saturated rings. The van der Waals surface area contributed by atoms with Crippen LogP contribution in [-0.2, 0) is 0 Å². The van der Waals surface area contributed by atoms with Crippen molar-refractivity contribution in [1.29, 1.82) is 0 Å². The van der Waals surface area contributed by atoms with Gasteiger partial charge in [0.2, 0.25) is 0 Å². The second-order valence-corrected chi connectivity index (χ2v) is 4.88. The fraction of sp³-hybridized carbons (Fsp3) is 0.667. The van der Waals surface area contributed by atoms with E-state index in [4.69, 9.17) is 16.1 Å². The number of halogens is 1. The molecule has 1 aromatic rings. The lowest BCUT2D eigenvalue weighted by Gasteiger charge is -2.30. The predicted molar refractivity (Wildman–Crippen MR) is 65.2 cm³/mol. The molecule has 2 atom stereocenters. The first-order valence-electron chi connectivity index (χ1n) is 6.00. The Balaban J connectivity index is 2.00. The summed E-state index contributed by atoms with van der Waals surface area (Å²) in [4.78, 5) is 12.0. The second kappa shape index (κ2) is 5.54. The molecule has 2 unspecified atom stereocenters. The van der Waals surface area contributed by atoms with Crippen molar-refractivity contribution in [1.82, 2.24) is 10.5 Å². The Morgan fingerprint density at radius 2 is 2.35 bits per heavy atom. The highest BCUT2D eigenvalue weighted by atomic mass is 35.5. The molecule has 2 rings (SSSR count). The maximum Gasteiger partial charge on any atom is 0.256 e. The zero-order valence-corrected chi connectivity index (χ0v) is 10.7. The van der Waals surface area contributed by atoms with Gasteiger partial charge in [0.25, 0.3) is 5.91 Å². The number of aryl methyl sites for hydroxylation is 1. The lowest BCUT2D eigenvalue weighted by atomic mass is 9.85. The average Bonchev–Trinajstić information content (AvgIpc) is 2.76.